The maximum atomic E-state index is 12.1. The molecule has 2 aromatic heterocycles. The highest BCUT2D eigenvalue weighted by Crippen LogP contribution is 2.22. The van der Waals surface area contributed by atoms with Gasteiger partial charge in [-0.1, -0.05) is 18.5 Å². The first-order chi connectivity index (χ1) is 9.15. The summed E-state index contributed by atoms with van der Waals surface area (Å²) in [5, 5.41) is 9.08. The van der Waals surface area contributed by atoms with Gasteiger partial charge in [0.2, 0.25) is 0 Å². The number of nitrogens with zero attached hydrogens (tertiary/aromatic N) is 2. The second kappa shape index (κ2) is 6.35. The summed E-state index contributed by atoms with van der Waals surface area (Å²) in [6.07, 6.45) is 1.61. The zero-order valence-electron chi connectivity index (χ0n) is 11.1. The van der Waals surface area contributed by atoms with Gasteiger partial charge in [-0.2, -0.15) is 16.4 Å². The molecule has 0 amide bonds. The van der Waals surface area contributed by atoms with E-state index < -0.39 is 0 Å². The second-order valence-corrected chi connectivity index (χ2v) is 5.56. The molecule has 2 heterocycles. The first kappa shape index (κ1) is 14.3. The molecule has 0 aromatic carbocycles. The van der Waals surface area contributed by atoms with Crippen LogP contribution in [-0.4, -0.2) is 15.6 Å². The van der Waals surface area contributed by atoms with Crippen LogP contribution in [0.2, 0.25) is 5.02 Å². The molecule has 0 aliphatic rings. The van der Waals surface area contributed by atoms with Crippen molar-refractivity contribution in [1.82, 2.24) is 9.78 Å². The Kier molecular flexibility index (Phi) is 4.77. The lowest BCUT2D eigenvalue weighted by Gasteiger charge is -2.04. The Morgan fingerprint density at radius 1 is 1.42 bits per heavy atom. The summed E-state index contributed by atoms with van der Waals surface area (Å²) >= 11 is 7.91. The smallest absolute Gasteiger partial charge is 0.143 e. The minimum atomic E-state index is 0.178. The lowest BCUT2D eigenvalue weighted by atomic mass is 10.1. The van der Waals surface area contributed by atoms with Crippen molar-refractivity contribution in [3.8, 4) is 0 Å². The summed E-state index contributed by atoms with van der Waals surface area (Å²) in [7, 11) is 0. The van der Waals surface area contributed by atoms with E-state index in [1.807, 2.05) is 35.4 Å². The van der Waals surface area contributed by atoms with E-state index >= 15 is 0 Å². The zero-order valence-corrected chi connectivity index (χ0v) is 12.7. The number of thiophene rings is 1. The fourth-order valence-corrected chi connectivity index (χ4v) is 3.06. The van der Waals surface area contributed by atoms with Crippen molar-refractivity contribution in [3.05, 3.63) is 38.8 Å². The molecule has 0 saturated heterocycles. The monoisotopic (exact) mass is 296 g/mol. The third kappa shape index (κ3) is 3.25. The van der Waals surface area contributed by atoms with Gasteiger partial charge < -0.3 is 0 Å². The van der Waals surface area contributed by atoms with Crippen molar-refractivity contribution in [1.29, 1.82) is 0 Å². The Labute approximate surface area is 122 Å². The summed E-state index contributed by atoms with van der Waals surface area (Å²) in [4.78, 5) is 12.1. The number of carbonyl (C=O) groups is 1. The van der Waals surface area contributed by atoms with Gasteiger partial charge in [0.25, 0.3) is 0 Å². The Bertz CT molecular complexity index is 560. The van der Waals surface area contributed by atoms with Crippen LogP contribution in [0.1, 0.15) is 30.8 Å². The normalized spacial score (nSPS) is 10.9. The lowest BCUT2D eigenvalue weighted by Crippen LogP contribution is -2.11. The Balaban J connectivity index is 2.14. The number of Topliss-reactive ketones (excluding diaryl/α,β-unsaturated/α-hetero) is 1. The summed E-state index contributed by atoms with van der Waals surface area (Å²) in [6.45, 7) is 4.77. The van der Waals surface area contributed by atoms with Crippen LogP contribution < -0.4 is 0 Å². The van der Waals surface area contributed by atoms with Crippen LogP contribution in [0.15, 0.2) is 16.8 Å². The molecule has 0 radical (unpaired) electrons. The summed E-state index contributed by atoms with van der Waals surface area (Å²) in [5.74, 6) is 0.178. The fraction of sp³-hybridized carbons (Fsp3) is 0.429. The van der Waals surface area contributed by atoms with Gasteiger partial charge in [-0.3, -0.25) is 9.48 Å². The largest absolute Gasteiger partial charge is 0.299 e. The molecular formula is C14H17ClN2OS. The molecule has 102 valence electrons. The van der Waals surface area contributed by atoms with E-state index in [0.717, 1.165) is 29.9 Å². The van der Waals surface area contributed by atoms with E-state index in [1.165, 1.54) is 0 Å². The van der Waals surface area contributed by atoms with E-state index in [-0.39, 0.29) is 5.78 Å². The number of carbonyl (C=O) groups excluding carboxylic acids is 1. The number of aromatic nitrogens is 2. The van der Waals surface area contributed by atoms with Crippen molar-refractivity contribution >= 4 is 28.7 Å². The molecule has 0 spiro atoms. The highest BCUT2D eigenvalue weighted by atomic mass is 35.5. The molecule has 0 aliphatic heterocycles. The second-order valence-electron chi connectivity index (χ2n) is 4.40. The Morgan fingerprint density at radius 2 is 2.21 bits per heavy atom. The molecule has 0 fully saturated rings. The van der Waals surface area contributed by atoms with Crippen LogP contribution in [0.25, 0.3) is 0 Å². The average molecular weight is 297 g/mol. The topological polar surface area (TPSA) is 34.9 Å². The summed E-state index contributed by atoms with van der Waals surface area (Å²) in [5.41, 5.74) is 2.80. The van der Waals surface area contributed by atoms with Crippen LogP contribution >= 0.6 is 22.9 Å². The number of hydrogen-bond acceptors (Lipinski definition) is 3. The van der Waals surface area contributed by atoms with Gasteiger partial charge >= 0.3 is 0 Å². The van der Waals surface area contributed by atoms with Gasteiger partial charge in [-0.05, 0) is 35.7 Å². The molecule has 0 N–H and O–H groups in total. The Hall–Kier alpha value is -1.13. The lowest BCUT2D eigenvalue weighted by molar-refractivity contribution is -0.117. The van der Waals surface area contributed by atoms with Gasteiger partial charge in [-0.15, -0.1) is 0 Å². The third-order valence-electron chi connectivity index (χ3n) is 3.04. The molecule has 0 saturated carbocycles. The predicted octanol–water partition coefficient (Wildman–Crippen LogP) is 3.53. The van der Waals surface area contributed by atoms with Gasteiger partial charge in [0.05, 0.1) is 22.8 Å². The molecule has 2 aromatic rings. The van der Waals surface area contributed by atoms with Gasteiger partial charge in [-0.25, -0.2) is 0 Å². The average Bonchev–Trinajstić information content (AvgIpc) is 2.99. The van der Waals surface area contributed by atoms with E-state index in [2.05, 4.69) is 5.10 Å². The van der Waals surface area contributed by atoms with Crippen LogP contribution in [0, 0.1) is 0 Å². The first-order valence-corrected chi connectivity index (χ1v) is 7.74. The number of hydrogen-bond donors (Lipinski definition) is 0. The number of aryl methyl sites for hydroxylation is 2. The molecule has 5 heteroatoms. The van der Waals surface area contributed by atoms with Gasteiger partial charge in [0.15, 0.2) is 0 Å². The van der Waals surface area contributed by atoms with E-state index in [1.54, 1.807) is 11.3 Å². The van der Waals surface area contributed by atoms with Crippen molar-refractivity contribution in [2.75, 3.05) is 0 Å². The highest BCUT2D eigenvalue weighted by molar-refractivity contribution is 7.08. The molecule has 2 rings (SSSR count). The maximum Gasteiger partial charge on any atom is 0.143 e. The number of halogens is 1. The summed E-state index contributed by atoms with van der Waals surface area (Å²) < 4.78 is 1.84. The molecule has 3 nitrogen and oxygen atoms in total. The van der Waals surface area contributed by atoms with E-state index in [4.69, 9.17) is 11.6 Å². The molecule has 0 unspecified atom stereocenters. The van der Waals surface area contributed by atoms with Crippen LogP contribution in [-0.2, 0) is 30.6 Å². The standard InChI is InChI=1S/C14H17ClN2OS/c1-3-12-14(15)13(17(4-2)16-12)8-11(18)7-10-5-6-19-9-10/h5-6,9H,3-4,7-8H2,1-2H3. The van der Waals surface area contributed by atoms with E-state index in [0.29, 0.717) is 17.9 Å². The number of ketones is 1. The molecular weight excluding hydrogens is 280 g/mol. The fourth-order valence-electron chi connectivity index (χ4n) is 2.06. The molecule has 19 heavy (non-hydrogen) atoms. The molecule has 0 aliphatic carbocycles. The van der Waals surface area contributed by atoms with Gasteiger partial charge in [0, 0.05) is 13.0 Å². The van der Waals surface area contributed by atoms with Crippen molar-refractivity contribution in [3.63, 3.8) is 0 Å². The van der Waals surface area contributed by atoms with Crippen molar-refractivity contribution < 1.29 is 4.79 Å². The third-order valence-corrected chi connectivity index (χ3v) is 4.21. The minimum Gasteiger partial charge on any atom is -0.299 e. The minimum absolute atomic E-state index is 0.178. The van der Waals surface area contributed by atoms with Crippen LogP contribution in [0.5, 0.6) is 0 Å². The highest BCUT2D eigenvalue weighted by Gasteiger charge is 2.17. The number of rotatable bonds is 6. The van der Waals surface area contributed by atoms with E-state index in [9.17, 15) is 4.79 Å². The Morgan fingerprint density at radius 3 is 2.79 bits per heavy atom. The van der Waals surface area contributed by atoms with Crippen molar-refractivity contribution in [2.45, 2.75) is 39.7 Å². The van der Waals surface area contributed by atoms with Crippen molar-refractivity contribution in [2.24, 2.45) is 0 Å². The quantitative estimate of drug-likeness (QED) is 0.817. The zero-order chi connectivity index (χ0) is 13.8. The first-order valence-electron chi connectivity index (χ1n) is 6.42. The van der Waals surface area contributed by atoms with Crippen LogP contribution in [0.4, 0.5) is 0 Å². The van der Waals surface area contributed by atoms with Crippen LogP contribution in [0.3, 0.4) is 0 Å². The maximum absolute atomic E-state index is 12.1. The predicted molar refractivity (Wildman–Crippen MR) is 79.0 cm³/mol. The van der Waals surface area contributed by atoms with Gasteiger partial charge in [0.1, 0.15) is 5.78 Å². The SMILES string of the molecule is CCc1nn(CC)c(CC(=O)Cc2ccsc2)c1Cl. The molecule has 0 bridgehead atoms. The summed E-state index contributed by atoms with van der Waals surface area (Å²) in [6, 6.07) is 1.98. The molecule has 0 atom stereocenters.